The van der Waals surface area contributed by atoms with E-state index in [9.17, 15) is 0 Å². The van der Waals surface area contributed by atoms with Crippen LogP contribution in [0.1, 0.15) is 5.69 Å². The summed E-state index contributed by atoms with van der Waals surface area (Å²) in [5, 5.41) is 0. The molecule has 0 amide bonds. The van der Waals surface area contributed by atoms with Crippen LogP contribution in [-0.2, 0) is 5.88 Å². The smallest absolute Gasteiger partial charge is 0.146 e. The van der Waals surface area contributed by atoms with E-state index in [-0.39, 0.29) is 0 Å². The lowest BCUT2D eigenvalue weighted by Gasteiger charge is -1.94. The highest BCUT2D eigenvalue weighted by Crippen LogP contribution is 2.04. The van der Waals surface area contributed by atoms with Gasteiger partial charge in [0.1, 0.15) is 5.82 Å². The number of aromatic nitrogens is 2. The number of hydrogen-bond donors (Lipinski definition) is 1. The molecular formula is C5H6ClN3. The van der Waals surface area contributed by atoms with Crippen LogP contribution >= 0.6 is 11.6 Å². The first-order chi connectivity index (χ1) is 4.34. The fourth-order valence-corrected chi connectivity index (χ4v) is 0.686. The highest BCUT2D eigenvalue weighted by atomic mass is 35.5. The summed E-state index contributed by atoms with van der Waals surface area (Å²) >= 11 is 5.45. The second-order valence-corrected chi connectivity index (χ2v) is 1.79. The zero-order valence-corrected chi connectivity index (χ0v) is 5.47. The summed E-state index contributed by atoms with van der Waals surface area (Å²) in [6.45, 7) is 0. The van der Waals surface area contributed by atoms with Gasteiger partial charge < -0.3 is 5.73 Å². The fourth-order valence-electron chi connectivity index (χ4n) is 0.481. The first-order valence-corrected chi connectivity index (χ1v) is 2.99. The third-order valence-electron chi connectivity index (χ3n) is 0.933. The largest absolute Gasteiger partial charge is 0.382 e. The molecule has 9 heavy (non-hydrogen) atoms. The van der Waals surface area contributed by atoms with Gasteiger partial charge >= 0.3 is 0 Å². The van der Waals surface area contributed by atoms with Crippen LogP contribution in [0.5, 0.6) is 0 Å². The van der Waals surface area contributed by atoms with Gasteiger partial charge in [-0.25, -0.2) is 4.98 Å². The van der Waals surface area contributed by atoms with Crippen molar-refractivity contribution in [2.24, 2.45) is 0 Å². The lowest BCUT2D eigenvalue weighted by Crippen LogP contribution is -1.96. The van der Waals surface area contributed by atoms with E-state index in [4.69, 9.17) is 17.3 Å². The quantitative estimate of drug-likeness (QED) is 0.592. The normalized spacial score (nSPS) is 9.44. The molecule has 0 atom stereocenters. The summed E-state index contributed by atoms with van der Waals surface area (Å²) in [5.74, 6) is 0.729. The maximum Gasteiger partial charge on any atom is 0.146 e. The second kappa shape index (κ2) is 2.64. The van der Waals surface area contributed by atoms with E-state index in [2.05, 4.69) is 9.97 Å². The third kappa shape index (κ3) is 1.29. The van der Waals surface area contributed by atoms with E-state index in [0.717, 1.165) is 0 Å². The zero-order valence-electron chi connectivity index (χ0n) is 4.71. The topological polar surface area (TPSA) is 51.8 Å². The highest BCUT2D eigenvalue weighted by Gasteiger charge is 1.95. The molecule has 0 spiro atoms. The average molecular weight is 144 g/mol. The number of halogens is 1. The number of alkyl halides is 1. The van der Waals surface area contributed by atoms with Crippen molar-refractivity contribution in [2.45, 2.75) is 5.88 Å². The van der Waals surface area contributed by atoms with Crippen LogP contribution in [0.15, 0.2) is 12.4 Å². The molecule has 0 aliphatic rings. The van der Waals surface area contributed by atoms with Gasteiger partial charge in [-0.3, -0.25) is 4.98 Å². The van der Waals surface area contributed by atoms with Crippen LogP contribution in [-0.4, -0.2) is 9.97 Å². The van der Waals surface area contributed by atoms with Gasteiger partial charge in [0.25, 0.3) is 0 Å². The van der Waals surface area contributed by atoms with Crippen LogP contribution in [0.4, 0.5) is 5.82 Å². The molecule has 0 aromatic carbocycles. The number of nitrogens with zero attached hydrogens (tertiary/aromatic N) is 2. The molecule has 0 saturated carbocycles. The molecule has 0 aliphatic carbocycles. The van der Waals surface area contributed by atoms with Gasteiger partial charge in [0.2, 0.25) is 0 Å². The second-order valence-electron chi connectivity index (χ2n) is 1.52. The van der Waals surface area contributed by atoms with Gasteiger partial charge in [-0.1, -0.05) is 0 Å². The van der Waals surface area contributed by atoms with Crippen LogP contribution in [0, 0.1) is 0 Å². The van der Waals surface area contributed by atoms with E-state index in [0.29, 0.717) is 17.4 Å². The Morgan fingerprint density at radius 2 is 2.11 bits per heavy atom. The molecule has 0 saturated heterocycles. The molecule has 0 bridgehead atoms. The molecule has 48 valence electrons. The van der Waals surface area contributed by atoms with Crippen molar-refractivity contribution in [3.05, 3.63) is 18.1 Å². The predicted molar refractivity (Wildman–Crippen MR) is 36.0 cm³/mol. The minimum absolute atomic E-state index is 0.319. The molecule has 2 N–H and O–H groups in total. The molecule has 0 unspecified atom stereocenters. The Morgan fingerprint density at radius 3 is 2.56 bits per heavy atom. The molecular weight excluding hydrogens is 138 g/mol. The minimum Gasteiger partial charge on any atom is -0.382 e. The molecule has 1 rings (SSSR count). The van der Waals surface area contributed by atoms with Crippen molar-refractivity contribution < 1.29 is 0 Å². The Bertz CT molecular complexity index is 201. The number of rotatable bonds is 1. The molecule has 0 fully saturated rings. The molecule has 3 nitrogen and oxygen atoms in total. The van der Waals surface area contributed by atoms with Crippen LogP contribution in [0.25, 0.3) is 0 Å². The lowest BCUT2D eigenvalue weighted by molar-refractivity contribution is 1.11. The Hall–Kier alpha value is -0.830. The number of nitrogen functional groups attached to an aromatic ring is 1. The minimum atomic E-state index is 0.319. The Balaban J connectivity index is 3.01. The summed E-state index contributed by atoms with van der Waals surface area (Å²) in [7, 11) is 0. The van der Waals surface area contributed by atoms with E-state index < -0.39 is 0 Å². The predicted octanol–water partition coefficient (Wildman–Crippen LogP) is 0.798. The van der Waals surface area contributed by atoms with E-state index in [1.165, 1.54) is 6.20 Å². The zero-order chi connectivity index (χ0) is 6.69. The van der Waals surface area contributed by atoms with E-state index in [1.54, 1.807) is 6.20 Å². The molecule has 1 aromatic heterocycles. The molecule has 0 aliphatic heterocycles. The summed E-state index contributed by atoms with van der Waals surface area (Å²) < 4.78 is 0. The van der Waals surface area contributed by atoms with Gasteiger partial charge in [0.05, 0.1) is 11.6 Å². The van der Waals surface area contributed by atoms with Crippen molar-refractivity contribution in [3.63, 3.8) is 0 Å². The monoisotopic (exact) mass is 143 g/mol. The maximum atomic E-state index is 5.45. The first kappa shape index (κ1) is 6.29. The van der Waals surface area contributed by atoms with Gasteiger partial charge in [0, 0.05) is 12.4 Å². The number of anilines is 1. The summed E-state index contributed by atoms with van der Waals surface area (Å²) in [6.07, 6.45) is 3.10. The molecule has 1 heterocycles. The van der Waals surface area contributed by atoms with Crippen LogP contribution < -0.4 is 5.73 Å². The summed E-state index contributed by atoms with van der Waals surface area (Å²) in [6, 6.07) is 0. The Labute approximate surface area is 57.9 Å². The fraction of sp³-hybridized carbons (Fsp3) is 0.200. The van der Waals surface area contributed by atoms with Crippen molar-refractivity contribution in [2.75, 3.05) is 5.73 Å². The molecule has 4 heteroatoms. The summed E-state index contributed by atoms with van der Waals surface area (Å²) in [5.41, 5.74) is 6.01. The van der Waals surface area contributed by atoms with Crippen molar-refractivity contribution in [1.82, 2.24) is 9.97 Å². The van der Waals surface area contributed by atoms with E-state index >= 15 is 0 Å². The first-order valence-electron chi connectivity index (χ1n) is 2.46. The van der Waals surface area contributed by atoms with Gasteiger partial charge in [-0.15, -0.1) is 11.6 Å². The standard InChI is InChI=1S/C5H6ClN3/c6-3-4-5(7)9-2-1-8-4/h1-2H,3H2,(H2,7,9). The molecule has 1 aromatic rings. The third-order valence-corrected chi connectivity index (χ3v) is 1.19. The van der Waals surface area contributed by atoms with Gasteiger partial charge in [-0.05, 0) is 0 Å². The highest BCUT2D eigenvalue weighted by molar-refractivity contribution is 6.17. The lowest BCUT2D eigenvalue weighted by atomic mass is 10.5. The average Bonchev–Trinajstić information content (AvgIpc) is 1.89. The van der Waals surface area contributed by atoms with Crippen molar-refractivity contribution >= 4 is 17.4 Å². The van der Waals surface area contributed by atoms with Gasteiger partial charge in [-0.2, -0.15) is 0 Å². The summed E-state index contributed by atoms with van der Waals surface area (Å²) in [4.78, 5) is 7.66. The van der Waals surface area contributed by atoms with Crippen molar-refractivity contribution in [3.8, 4) is 0 Å². The number of nitrogens with two attached hydrogens (primary N) is 1. The number of hydrogen-bond acceptors (Lipinski definition) is 3. The Morgan fingerprint density at radius 1 is 1.44 bits per heavy atom. The maximum absolute atomic E-state index is 5.45. The van der Waals surface area contributed by atoms with E-state index in [1.807, 2.05) is 0 Å². The van der Waals surface area contributed by atoms with Crippen LogP contribution in [0.2, 0.25) is 0 Å². The van der Waals surface area contributed by atoms with Crippen molar-refractivity contribution in [1.29, 1.82) is 0 Å². The molecule has 0 radical (unpaired) electrons. The SMILES string of the molecule is Nc1nccnc1CCl. The van der Waals surface area contributed by atoms with Crippen LogP contribution in [0.3, 0.4) is 0 Å². The Kier molecular flexibility index (Phi) is 1.85. The van der Waals surface area contributed by atoms with Gasteiger partial charge in [0.15, 0.2) is 0 Å².